The van der Waals surface area contributed by atoms with Crippen molar-refractivity contribution in [3.63, 3.8) is 0 Å². The van der Waals surface area contributed by atoms with Crippen LogP contribution in [0.25, 0.3) is 0 Å². The highest BCUT2D eigenvalue weighted by molar-refractivity contribution is 9.10. The van der Waals surface area contributed by atoms with E-state index in [4.69, 9.17) is 5.26 Å². The minimum absolute atomic E-state index is 0.134. The van der Waals surface area contributed by atoms with Crippen LogP contribution in [0, 0.1) is 18.3 Å². The first-order valence-electron chi connectivity index (χ1n) is 4.98. The lowest BCUT2D eigenvalue weighted by Crippen LogP contribution is -2.32. The van der Waals surface area contributed by atoms with E-state index in [-0.39, 0.29) is 11.9 Å². The molecule has 0 radical (unpaired) electrons. The zero-order valence-electron chi connectivity index (χ0n) is 9.25. The molecule has 1 aromatic rings. The van der Waals surface area contributed by atoms with Crippen LogP contribution in [0.5, 0.6) is 0 Å². The van der Waals surface area contributed by atoms with Gasteiger partial charge in [-0.3, -0.25) is 4.79 Å². The van der Waals surface area contributed by atoms with Crippen LogP contribution in [-0.2, 0) is 0 Å². The zero-order valence-corrected chi connectivity index (χ0v) is 10.8. The molecule has 1 unspecified atom stereocenters. The number of hydrogen-bond acceptors (Lipinski definition) is 2. The molecule has 1 amide bonds. The fourth-order valence-electron chi connectivity index (χ4n) is 1.29. The standard InChI is InChI=1S/C12H13BrN2O/c1-8-3-4-10(11(13)7-8)12(16)15-9(2)5-6-14/h3-4,7,9H,5H2,1-2H3,(H,15,16). The summed E-state index contributed by atoms with van der Waals surface area (Å²) in [5.41, 5.74) is 1.68. The molecular formula is C12H13BrN2O. The molecule has 0 aliphatic carbocycles. The van der Waals surface area contributed by atoms with Crippen LogP contribution in [0.3, 0.4) is 0 Å². The topological polar surface area (TPSA) is 52.9 Å². The highest BCUT2D eigenvalue weighted by Crippen LogP contribution is 2.18. The van der Waals surface area contributed by atoms with E-state index in [0.717, 1.165) is 10.0 Å². The van der Waals surface area contributed by atoms with E-state index in [1.54, 1.807) is 6.07 Å². The molecule has 16 heavy (non-hydrogen) atoms. The predicted octanol–water partition coefficient (Wildman–Crippen LogP) is 2.79. The fraction of sp³-hybridized carbons (Fsp3) is 0.333. The van der Waals surface area contributed by atoms with Gasteiger partial charge in [0.2, 0.25) is 0 Å². The van der Waals surface area contributed by atoms with Crippen LogP contribution in [0.1, 0.15) is 29.3 Å². The van der Waals surface area contributed by atoms with Crippen molar-refractivity contribution in [1.82, 2.24) is 5.32 Å². The first kappa shape index (κ1) is 12.7. The van der Waals surface area contributed by atoms with E-state index in [0.29, 0.717) is 12.0 Å². The van der Waals surface area contributed by atoms with E-state index in [1.807, 2.05) is 32.0 Å². The number of halogens is 1. The fourth-order valence-corrected chi connectivity index (χ4v) is 1.97. The van der Waals surface area contributed by atoms with Gasteiger partial charge in [0.05, 0.1) is 18.1 Å². The zero-order chi connectivity index (χ0) is 12.1. The van der Waals surface area contributed by atoms with Crippen LogP contribution >= 0.6 is 15.9 Å². The quantitative estimate of drug-likeness (QED) is 0.926. The Morgan fingerprint density at radius 3 is 2.88 bits per heavy atom. The van der Waals surface area contributed by atoms with Crippen LogP contribution in [0.15, 0.2) is 22.7 Å². The summed E-state index contributed by atoms with van der Waals surface area (Å²) in [6.45, 7) is 3.77. The number of benzene rings is 1. The van der Waals surface area contributed by atoms with Crippen molar-refractivity contribution in [2.24, 2.45) is 0 Å². The van der Waals surface area contributed by atoms with Gasteiger partial charge in [-0.15, -0.1) is 0 Å². The largest absolute Gasteiger partial charge is 0.349 e. The molecule has 0 saturated heterocycles. The number of nitriles is 1. The summed E-state index contributed by atoms with van der Waals surface area (Å²) in [7, 11) is 0. The molecule has 1 N–H and O–H groups in total. The molecule has 0 spiro atoms. The van der Waals surface area contributed by atoms with Gasteiger partial charge in [0.15, 0.2) is 0 Å². The number of carbonyl (C=O) groups is 1. The van der Waals surface area contributed by atoms with E-state index in [2.05, 4.69) is 21.2 Å². The van der Waals surface area contributed by atoms with E-state index < -0.39 is 0 Å². The molecule has 3 nitrogen and oxygen atoms in total. The van der Waals surface area contributed by atoms with Crippen molar-refractivity contribution in [2.75, 3.05) is 0 Å². The van der Waals surface area contributed by atoms with Crippen LogP contribution in [0.2, 0.25) is 0 Å². The lowest BCUT2D eigenvalue weighted by atomic mass is 10.1. The smallest absolute Gasteiger partial charge is 0.252 e. The molecule has 1 atom stereocenters. The number of nitrogens with one attached hydrogen (secondary N) is 1. The Bertz CT molecular complexity index is 437. The normalized spacial score (nSPS) is 11.6. The Kier molecular flexibility index (Phi) is 4.51. The Balaban J connectivity index is 2.78. The number of aryl methyl sites for hydroxylation is 1. The minimum atomic E-state index is -0.158. The lowest BCUT2D eigenvalue weighted by molar-refractivity contribution is 0.0940. The van der Waals surface area contributed by atoms with Gasteiger partial charge in [-0.1, -0.05) is 6.07 Å². The maximum Gasteiger partial charge on any atom is 0.252 e. The second kappa shape index (κ2) is 5.66. The van der Waals surface area contributed by atoms with Gasteiger partial charge in [-0.25, -0.2) is 0 Å². The van der Waals surface area contributed by atoms with E-state index >= 15 is 0 Å². The maximum absolute atomic E-state index is 11.8. The third-order valence-corrected chi connectivity index (χ3v) is 2.80. The van der Waals surface area contributed by atoms with Crippen molar-refractivity contribution < 1.29 is 4.79 Å². The molecule has 0 aromatic heterocycles. The van der Waals surface area contributed by atoms with Crippen molar-refractivity contribution in [3.8, 4) is 6.07 Å². The lowest BCUT2D eigenvalue weighted by Gasteiger charge is -2.11. The highest BCUT2D eigenvalue weighted by Gasteiger charge is 2.12. The third-order valence-electron chi connectivity index (χ3n) is 2.14. The summed E-state index contributed by atoms with van der Waals surface area (Å²) in [6, 6.07) is 7.44. The predicted molar refractivity (Wildman–Crippen MR) is 66.0 cm³/mol. The second-order valence-electron chi connectivity index (χ2n) is 3.72. The summed E-state index contributed by atoms with van der Waals surface area (Å²) in [5, 5.41) is 11.3. The van der Waals surface area contributed by atoms with Gasteiger partial charge in [-0.2, -0.15) is 5.26 Å². The first-order valence-corrected chi connectivity index (χ1v) is 5.78. The number of nitrogens with zero attached hydrogens (tertiary/aromatic N) is 1. The average Bonchev–Trinajstić information content (AvgIpc) is 2.17. The van der Waals surface area contributed by atoms with Gasteiger partial charge in [0, 0.05) is 10.5 Å². The number of carbonyl (C=O) groups excluding carboxylic acids is 1. The molecule has 0 fully saturated rings. The molecule has 1 aromatic carbocycles. The van der Waals surface area contributed by atoms with Gasteiger partial charge >= 0.3 is 0 Å². The van der Waals surface area contributed by atoms with Crippen LogP contribution in [0.4, 0.5) is 0 Å². The van der Waals surface area contributed by atoms with Gasteiger partial charge in [0.1, 0.15) is 0 Å². The maximum atomic E-state index is 11.8. The molecule has 0 saturated carbocycles. The Morgan fingerprint density at radius 2 is 2.31 bits per heavy atom. The van der Waals surface area contributed by atoms with Crippen molar-refractivity contribution in [2.45, 2.75) is 26.3 Å². The Morgan fingerprint density at radius 1 is 1.62 bits per heavy atom. The van der Waals surface area contributed by atoms with Gasteiger partial charge in [-0.05, 0) is 47.5 Å². The molecule has 84 valence electrons. The summed E-state index contributed by atoms with van der Waals surface area (Å²) in [6.07, 6.45) is 0.315. The number of rotatable bonds is 3. The van der Waals surface area contributed by atoms with Gasteiger partial charge in [0.25, 0.3) is 5.91 Å². The van der Waals surface area contributed by atoms with Crippen molar-refractivity contribution in [3.05, 3.63) is 33.8 Å². The SMILES string of the molecule is Cc1ccc(C(=O)NC(C)CC#N)c(Br)c1. The summed E-state index contributed by atoms with van der Waals surface area (Å²) >= 11 is 3.35. The molecule has 0 aliphatic heterocycles. The average molecular weight is 281 g/mol. The Labute approximate surface area is 104 Å². The summed E-state index contributed by atoms with van der Waals surface area (Å²) < 4.78 is 0.772. The minimum Gasteiger partial charge on any atom is -0.349 e. The number of hydrogen-bond donors (Lipinski definition) is 1. The summed E-state index contributed by atoms with van der Waals surface area (Å²) in [4.78, 5) is 11.8. The highest BCUT2D eigenvalue weighted by atomic mass is 79.9. The van der Waals surface area contributed by atoms with Gasteiger partial charge < -0.3 is 5.32 Å². The van der Waals surface area contributed by atoms with Crippen molar-refractivity contribution >= 4 is 21.8 Å². The molecule has 0 aliphatic rings. The monoisotopic (exact) mass is 280 g/mol. The van der Waals surface area contributed by atoms with E-state index in [1.165, 1.54) is 0 Å². The van der Waals surface area contributed by atoms with Crippen LogP contribution in [-0.4, -0.2) is 11.9 Å². The molecular weight excluding hydrogens is 268 g/mol. The van der Waals surface area contributed by atoms with E-state index in [9.17, 15) is 4.79 Å². The third kappa shape index (κ3) is 3.35. The first-order chi connectivity index (χ1) is 7.54. The summed E-state index contributed by atoms with van der Waals surface area (Å²) in [5.74, 6) is -0.158. The second-order valence-corrected chi connectivity index (χ2v) is 4.57. The molecule has 1 rings (SSSR count). The van der Waals surface area contributed by atoms with Crippen molar-refractivity contribution in [1.29, 1.82) is 5.26 Å². The molecule has 0 heterocycles. The molecule has 4 heteroatoms. The molecule has 0 bridgehead atoms. The van der Waals surface area contributed by atoms with Crippen LogP contribution < -0.4 is 5.32 Å². The number of amides is 1. The Hall–Kier alpha value is -1.34.